The summed E-state index contributed by atoms with van der Waals surface area (Å²) in [5.41, 5.74) is 1.08. The molecule has 3 heterocycles. The molecular formula is C21H24N2O5. The number of carbonyl (C=O) groups excluding carboxylic acids is 1. The Balaban J connectivity index is 1.54. The zero-order valence-electron chi connectivity index (χ0n) is 15.9. The van der Waals surface area contributed by atoms with Gasteiger partial charge in [0.2, 0.25) is 5.78 Å². The first kappa shape index (κ1) is 18.7. The fraction of sp³-hybridized carbons (Fsp3) is 0.381. The number of furan rings is 1. The lowest BCUT2D eigenvalue weighted by molar-refractivity contribution is 0.101. The third-order valence-electron chi connectivity index (χ3n) is 5.21. The van der Waals surface area contributed by atoms with Gasteiger partial charge in [0.05, 0.1) is 17.7 Å². The third-order valence-corrected chi connectivity index (χ3v) is 5.21. The molecule has 2 aliphatic rings. The first-order valence-corrected chi connectivity index (χ1v) is 9.46. The maximum atomic E-state index is 12.7. The highest BCUT2D eigenvalue weighted by atomic mass is 16.5. The molecule has 2 aromatic rings. The number of Topliss-reactive ketones (excluding diaryl/α,β-unsaturated/α-hetero) is 1. The van der Waals surface area contributed by atoms with Gasteiger partial charge in [-0.2, -0.15) is 0 Å². The summed E-state index contributed by atoms with van der Waals surface area (Å²) in [6.45, 7) is 6.55. The Morgan fingerprint density at radius 3 is 2.54 bits per heavy atom. The van der Waals surface area contributed by atoms with Gasteiger partial charge >= 0.3 is 0 Å². The number of phenolic OH excluding ortho intramolecular Hbond substituents is 1. The molecule has 2 aliphatic heterocycles. The number of rotatable bonds is 5. The van der Waals surface area contributed by atoms with Crippen LogP contribution in [-0.2, 0) is 6.54 Å². The summed E-state index contributed by atoms with van der Waals surface area (Å²) in [7, 11) is 0. The zero-order chi connectivity index (χ0) is 19.7. The molecule has 0 radical (unpaired) electrons. The molecule has 7 nitrogen and oxygen atoms in total. The summed E-state index contributed by atoms with van der Waals surface area (Å²) in [5.74, 6) is 1.85. The number of aliphatic hydroxyl groups is 1. The Bertz CT molecular complexity index is 910. The van der Waals surface area contributed by atoms with Gasteiger partial charge in [0.15, 0.2) is 5.76 Å². The lowest BCUT2D eigenvalue weighted by Crippen LogP contribution is -2.46. The van der Waals surface area contributed by atoms with E-state index in [4.69, 9.17) is 14.3 Å². The summed E-state index contributed by atoms with van der Waals surface area (Å²) in [6.07, 6.45) is 1.59. The minimum Gasteiger partial charge on any atom is -0.507 e. The second-order valence-corrected chi connectivity index (χ2v) is 7.17. The highest BCUT2D eigenvalue weighted by molar-refractivity contribution is 6.14. The van der Waals surface area contributed by atoms with Crippen LogP contribution >= 0.6 is 0 Å². The van der Waals surface area contributed by atoms with Gasteiger partial charge in [0.25, 0.3) is 0 Å². The summed E-state index contributed by atoms with van der Waals surface area (Å²) < 4.78 is 11.4. The molecule has 2 N–H and O–H groups in total. The van der Waals surface area contributed by atoms with E-state index in [1.165, 1.54) is 0 Å². The third kappa shape index (κ3) is 3.69. The number of aliphatic hydroxyl groups excluding tert-OH is 1. The Labute approximate surface area is 163 Å². The number of piperazine rings is 1. The quantitative estimate of drug-likeness (QED) is 0.763. The number of hydrogen-bond donors (Lipinski definition) is 2. The van der Waals surface area contributed by atoms with Gasteiger partial charge in [0.1, 0.15) is 23.0 Å². The number of allylic oxidation sites excluding steroid dienone is 1. The van der Waals surface area contributed by atoms with Crippen LogP contribution in [0, 0.1) is 6.92 Å². The number of aromatic hydroxyl groups is 1. The number of carbonyl (C=O) groups is 1. The molecule has 1 aromatic carbocycles. The molecule has 148 valence electrons. The van der Waals surface area contributed by atoms with Crippen molar-refractivity contribution in [2.45, 2.75) is 13.5 Å². The van der Waals surface area contributed by atoms with E-state index in [0.717, 1.165) is 31.9 Å². The minimum absolute atomic E-state index is 0.124. The van der Waals surface area contributed by atoms with Gasteiger partial charge < -0.3 is 19.4 Å². The van der Waals surface area contributed by atoms with Gasteiger partial charge in [-0.3, -0.25) is 14.6 Å². The van der Waals surface area contributed by atoms with Crippen molar-refractivity contribution in [3.63, 3.8) is 0 Å². The van der Waals surface area contributed by atoms with Gasteiger partial charge in [-0.05, 0) is 31.2 Å². The largest absolute Gasteiger partial charge is 0.507 e. The van der Waals surface area contributed by atoms with E-state index in [2.05, 4.69) is 9.80 Å². The number of benzene rings is 1. The van der Waals surface area contributed by atoms with Crippen LogP contribution in [-0.4, -0.2) is 65.1 Å². The number of aryl methyl sites for hydroxylation is 1. The van der Waals surface area contributed by atoms with Crippen LogP contribution in [0.1, 0.15) is 27.4 Å². The molecule has 0 atom stereocenters. The van der Waals surface area contributed by atoms with E-state index >= 15 is 0 Å². The zero-order valence-corrected chi connectivity index (χ0v) is 15.9. The number of β-amino-alcohol motifs (C(OH)–C–C–N with tert-alkyl or cyclic N) is 1. The van der Waals surface area contributed by atoms with E-state index in [-0.39, 0.29) is 23.9 Å². The van der Waals surface area contributed by atoms with Crippen LogP contribution in [0.2, 0.25) is 0 Å². The van der Waals surface area contributed by atoms with Crippen molar-refractivity contribution in [3.05, 3.63) is 52.7 Å². The molecule has 1 aromatic heterocycles. The number of fused-ring (bicyclic) bond motifs is 1. The fourth-order valence-corrected chi connectivity index (χ4v) is 3.65. The van der Waals surface area contributed by atoms with Gasteiger partial charge in [-0.25, -0.2) is 0 Å². The first-order valence-electron chi connectivity index (χ1n) is 9.46. The van der Waals surface area contributed by atoms with Crippen molar-refractivity contribution in [3.8, 4) is 11.5 Å². The number of ether oxygens (including phenoxy) is 1. The van der Waals surface area contributed by atoms with Crippen LogP contribution in [0.25, 0.3) is 6.08 Å². The van der Waals surface area contributed by atoms with E-state index in [0.29, 0.717) is 35.7 Å². The maximum Gasteiger partial charge on any atom is 0.232 e. The average molecular weight is 384 g/mol. The standard InChI is InChI=1S/C21H24N2O5/c1-14-2-3-15(27-14)12-19-20(26)16-4-5-18(25)17(21(16)28-19)13-23-8-6-22(7-9-23)10-11-24/h2-5,12,24-25H,6-11,13H2,1H3/b19-12-. The topological polar surface area (TPSA) is 86.4 Å². The Kier molecular flexibility index (Phi) is 5.21. The molecule has 28 heavy (non-hydrogen) atoms. The highest BCUT2D eigenvalue weighted by Gasteiger charge is 2.32. The van der Waals surface area contributed by atoms with Crippen molar-refractivity contribution in [2.75, 3.05) is 39.3 Å². The van der Waals surface area contributed by atoms with Crippen molar-refractivity contribution in [2.24, 2.45) is 0 Å². The minimum atomic E-state index is -0.210. The van der Waals surface area contributed by atoms with Crippen LogP contribution in [0.3, 0.4) is 0 Å². The molecule has 0 saturated carbocycles. The number of phenols is 1. The molecular weight excluding hydrogens is 360 g/mol. The van der Waals surface area contributed by atoms with Gasteiger partial charge in [-0.1, -0.05) is 0 Å². The summed E-state index contributed by atoms with van der Waals surface area (Å²) in [6, 6.07) is 6.76. The lowest BCUT2D eigenvalue weighted by atomic mass is 10.0. The fourth-order valence-electron chi connectivity index (χ4n) is 3.65. The maximum absolute atomic E-state index is 12.7. The number of ketones is 1. The molecule has 4 rings (SSSR count). The van der Waals surface area contributed by atoms with Crippen LogP contribution < -0.4 is 4.74 Å². The normalized spacial score (nSPS) is 19.2. The SMILES string of the molecule is Cc1ccc(/C=C2\Oc3c(ccc(O)c3CN3CCN(CCO)CC3)C2=O)o1. The van der Waals surface area contributed by atoms with Crippen molar-refractivity contribution in [1.82, 2.24) is 9.80 Å². The predicted octanol–water partition coefficient (Wildman–Crippen LogP) is 2.02. The molecule has 0 spiro atoms. The Morgan fingerprint density at radius 2 is 1.86 bits per heavy atom. The predicted molar refractivity (Wildman–Crippen MR) is 103 cm³/mol. The molecule has 1 fully saturated rings. The first-order chi connectivity index (χ1) is 13.5. The Hall–Kier alpha value is -2.61. The molecule has 0 aliphatic carbocycles. The van der Waals surface area contributed by atoms with Crippen molar-refractivity contribution < 1.29 is 24.2 Å². The molecule has 0 amide bonds. The van der Waals surface area contributed by atoms with Crippen molar-refractivity contribution >= 4 is 11.9 Å². The molecule has 0 bridgehead atoms. The van der Waals surface area contributed by atoms with Gasteiger partial charge in [-0.15, -0.1) is 0 Å². The number of nitrogens with zero attached hydrogens (tertiary/aromatic N) is 2. The summed E-state index contributed by atoms with van der Waals surface area (Å²) >= 11 is 0. The van der Waals surface area contributed by atoms with Crippen LogP contribution in [0.4, 0.5) is 0 Å². The summed E-state index contributed by atoms with van der Waals surface area (Å²) in [4.78, 5) is 17.1. The number of hydrogen-bond acceptors (Lipinski definition) is 7. The van der Waals surface area contributed by atoms with Crippen LogP contribution in [0.5, 0.6) is 11.5 Å². The van der Waals surface area contributed by atoms with Gasteiger partial charge in [0, 0.05) is 45.3 Å². The van der Waals surface area contributed by atoms with Crippen molar-refractivity contribution in [1.29, 1.82) is 0 Å². The molecule has 7 heteroatoms. The van der Waals surface area contributed by atoms with E-state index in [9.17, 15) is 9.90 Å². The molecule has 1 saturated heterocycles. The molecule has 0 unspecified atom stereocenters. The van der Waals surface area contributed by atoms with E-state index in [1.807, 2.05) is 13.0 Å². The Morgan fingerprint density at radius 1 is 1.11 bits per heavy atom. The average Bonchev–Trinajstić information content (AvgIpc) is 3.23. The highest BCUT2D eigenvalue weighted by Crippen LogP contribution is 2.40. The smallest absolute Gasteiger partial charge is 0.232 e. The van der Waals surface area contributed by atoms with Crippen LogP contribution in [0.15, 0.2) is 34.4 Å². The monoisotopic (exact) mass is 384 g/mol. The van der Waals surface area contributed by atoms with E-state index < -0.39 is 0 Å². The summed E-state index contributed by atoms with van der Waals surface area (Å²) in [5, 5.41) is 19.5. The lowest BCUT2D eigenvalue weighted by Gasteiger charge is -2.34. The second-order valence-electron chi connectivity index (χ2n) is 7.17. The second kappa shape index (κ2) is 7.79. The van der Waals surface area contributed by atoms with E-state index in [1.54, 1.807) is 24.3 Å².